The smallest absolute Gasteiger partial charge is 0.224 e. The molecule has 1 amide bonds. The molecule has 4 aromatic rings. The molecule has 6 nitrogen and oxygen atoms in total. The van der Waals surface area contributed by atoms with Crippen molar-refractivity contribution in [3.63, 3.8) is 0 Å². The molecule has 2 aromatic carbocycles. The molecule has 2 aromatic heterocycles. The van der Waals surface area contributed by atoms with Crippen LogP contribution in [0.3, 0.4) is 0 Å². The first kappa shape index (κ1) is 15.4. The molecular weight excluding hydrogens is 316 g/mol. The number of fused-ring (bicyclic) bond motifs is 5. The number of aromatic amines is 2. The number of amides is 1. The SMILES string of the molecule is CC(=O)CCCC(=O)Nc1ccc2nc3c(ccc4c[nH][nH]c43)c2c1. The van der Waals surface area contributed by atoms with Crippen LogP contribution in [0.5, 0.6) is 0 Å². The van der Waals surface area contributed by atoms with E-state index >= 15 is 0 Å². The molecule has 0 saturated carbocycles. The molecule has 0 unspecified atom stereocenters. The topological polar surface area (TPSA) is 90.6 Å². The fraction of sp³-hybridized carbons (Fsp3) is 0.211. The monoisotopic (exact) mass is 334 g/mol. The summed E-state index contributed by atoms with van der Waals surface area (Å²) >= 11 is 0. The fourth-order valence-corrected chi connectivity index (χ4v) is 3.15. The second-order valence-electron chi connectivity index (χ2n) is 6.29. The van der Waals surface area contributed by atoms with Crippen LogP contribution in [0.4, 0.5) is 5.69 Å². The number of benzene rings is 2. The average molecular weight is 334 g/mol. The minimum absolute atomic E-state index is 0.0780. The van der Waals surface area contributed by atoms with Gasteiger partial charge in [-0.3, -0.25) is 9.89 Å². The van der Waals surface area contributed by atoms with Crippen LogP contribution in [0.1, 0.15) is 26.2 Å². The lowest BCUT2D eigenvalue weighted by Crippen LogP contribution is -2.11. The maximum Gasteiger partial charge on any atom is 0.224 e. The van der Waals surface area contributed by atoms with Crippen LogP contribution in [-0.4, -0.2) is 26.9 Å². The summed E-state index contributed by atoms with van der Waals surface area (Å²) < 4.78 is 0. The average Bonchev–Trinajstić information content (AvgIpc) is 3.17. The van der Waals surface area contributed by atoms with E-state index in [0.29, 0.717) is 19.3 Å². The lowest BCUT2D eigenvalue weighted by molar-refractivity contribution is -0.117. The van der Waals surface area contributed by atoms with Crippen molar-refractivity contribution in [3.8, 4) is 0 Å². The van der Waals surface area contributed by atoms with Crippen LogP contribution in [0.2, 0.25) is 0 Å². The number of nitrogens with zero attached hydrogens (tertiary/aromatic N) is 1. The van der Waals surface area contributed by atoms with Gasteiger partial charge in [0, 0.05) is 40.9 Å². The number of hydrogen-bond donors (Lipinski definition) is 3. The zero-order valence-electron chi connectivity index (χ0n) is 13.8. The molecule has 0 aliphatic rings. The molecule has 0 fully saturated rings. The Hall–Kier alpha value is -3.15. The Balaban J connectivity index is 1.64. The molecular formula is C19H18N4O2. The first-order chi connectivity index (χ1) is 12.1. The van der Waals surface area contributed by atoms with Gasteiger partial charge in [-0.2, -0.15) is 0 Å². The predicted octanol–water partition coefficient (Wildman–Crippen LogP) is 3.90. The first-order valence-corrected chi connectivity index (χ1v) is 8.29. The van der Waals surface area contributed by atoms with E-state index in [0.717, 1.165) is 38.4 Å². The number of aromatic nitrogens is 3. The zero-order valence-corrected chi connectivity index (χ0v) is 13.8. The van der Waals surface area contributed by atoms with Crippen LogP contribution in [0.25, 0.3) is 32.7 Å². The van der Waals surface area contributed by atoms with Crippen molar-refractivity contribution < 1.29 is 9.59 Å². The van der Waals surface area contributed by atoms with Crippen LogP contribution in [0.15, 0.2) is 36.5 Å². The number of anilines is 1. The Labute approximate surface area is 143 Å². The molecule has 0 radical (unpaired) electrons. The standard InChI is InChI=1S/C19H18N4O2/c1-11(24)3-2-4-17(25)21-13-6-8-16-15(9-13)14-7-5-12-10-20-23-18(12)19(14)22-16/h5-10,20,23H,2-4H2,1H3,(H,21,25). The number of ketones is 1. The van der Waals surface area contributed by atoms with E-state index in [1.807, 2.05) is 36.5 Å². The molecule has 0 saturated heterocycles. The lowest BCUT2D eigenvalue weighted by atomic mass is 10.1. The quantitative estimate of drug-likeness (QED) is 0.517. The number of carbonyl (C=O) groups excluding carboxylic acids is 2. The molecule has 126 valence electrons. The number of Topliss-reactive ketones (excluding diaryl/α,β-unsaturated/α-hetero) is 1. The number of H-pyrrole nitrogens is 2. The molecule has 0 aliphatic heterocycles. The van der Waals surface area contributed by atoms with Gasteiger partial charge in [0.05, 0.1) is 16.6 Å². The maximum absolute atomic E-state index is 12.0. The highest BCUT2D eigenvalue weighted by atomic mass is 16.1. The number of hydrogen-bond acceptors (Lipinski definition) is 3. The Bertz CT molecular complexity index is 1110. The van der Waals surface area contributed by atoms with Gasteiger partial charge in [-0.25, -0.2) is 4.98 Å². The van der Waals surface area contributed by atoms with Crippen LogP contribution < -0.4 is 5.32 Å². The number of carbonyl (C=O) groups is 2. The second kappa shape index (κ2) is 6.05. The van der Waals surface area contributed by atoms with Gasteiger partial charge in [0.25, 0.3) is 0 Å². The predicted molar refractivity (Wildman–Crippen MR) is 98.6 cm³/mol. The number of rotatable bonds is 5. The van der Waals surface area contributed by atoms with E-state index < -0.39 is 0 Å². The summed E-state index contributed by atoms with van der Waals surface area (Å²) in [5, 5.41) is 12.1. The van der Waals surface area contributed by atoms with E-state index in [1.54, 1.807) is 0 Å². The van der Waals surface area contributed by atoms with Crippen LogP contribution >= 0.6 is 0 Å². The van der Waals surface area contributed by atoms with E-state index in [9.17, 15) is 9.59 Å². The summed E-state index contributed by atoms with van der Waals surface area (Å²) in [6.45, 7) is 1.54. The highest BCUT2D eigenvalue weighted by Crippen LogP contribution is 2.31. The summed E-state index contributed by atoms with van der Waals surface area (Å²) in [6, 6.07) is 9.81. The van der Waals surface area contributed by atoms with Gasteiger partial charge >= 0.3 is 0 Å². The van der Waals surface area contributed by atoms with Gasteiger partial charge in [0.15, 0.2) is 0 Å². The summed E-state index contributed by atoms with van der Waals surface area (Å²) in [5.41, 5.74) is 3.53. The molecule has 0 aliphatic carbocycles. The summed E-state index contributed by atoms with van der Waals surface area (Å²) in [4.78, 5) is 27.7. The minimum Gasteiger partial charge on any atom is -0.326 e. The van der Waals surface area contributed by atoms with Crippen molar-refractivity contribution in [1.29, 1.82) is 0 Å². The molecule has 2 heterocycles. The maximum atomic E-state index is 12.0. The van der Waals surface area contributed by atoms with Gasteiger partial charge in [-0.05, 0) is 31.5 Å². The second-order valence-corrected chi connectivity index (χ2v) is 6.29. The van der Waals surface area contributed by atoms with E-state index in [1.165, 1.54) is 6.92 Å². The molecule has 25 heavy (non-hydrogen) atoms. The van der Waals surface area contributed by atoms with E-state index in [4.69, 9.17) is 4.98 Å². The molecule has 0 atom stereocenters. The highest BCUT2D eigenvalue weighted by molar-refractivity contribution is 6.16. The van der Waals surface area contributed by atoms with Crippen LogP contribution in [0, 0.1) is 0 Å². The van der Waals surface area contributed by atoms with Crippen molar-refractivity contribution in [1.82, 2.24) is 15.2 Å². The van der Waals surface area contributed by atoms with E-state index in [-0.39, 0.29) is 11.7 Å². The van der Waals surface area contributed by atoms with E-state index in [2.05, 4.69) is 15.5 Å². The summed E-state index contributed by atoms with van der Waals surface area (Å²) in [7, 11) is 0. The minimum atomic E-state index is -0.0780. The normalized spacial score (nSPS) is 11.4. The third-order valence-electron chi connectivity index (χ3n) is 4.37. The van der Waals surface area contributed by atoms with Crippen molar-refractivity contribution >= 4 is 50.1 Å². The lowest BCUT2D eigenvalue weighted by Gasteiger charge is -2.05. The Kier molecular flexibility index (Phi) is 3.72. The van der Waals surface area contributed by atoms with Crippen molar-refractivity contribution in [2.75, 3.05) is 5.32 Å². The fourth-order valence-electron chi connectivity index (χ4n) is 3.15. The Morgan fingerprint density at radius 1 is 1.12 bits per heavy atom. The Morgan fingerprint density at radius 2 is 2.00 bits per heavy atom. The first-order valence-electron chi connectivity index (χ1n) is 8.29. The molecule has 6 heteroatoms. The van der Waals surface area contributed by atoms with Gasteiger partial charge < -0.3 is 15.2 Å². The molecule has 0 bridgehead atoms. The van der Waals surface area contributed by atoms with Crippen molar-refractivity contribution in [3.05, 3.63) is 36.5 Å². The van der Waals surface area contributed by atoms with Gasteiger partial charge in [-0.15, -0.1) is 0 Å². The van der Waals surface area contributed by atoms with Crippen molar-refractivity contribution in [2.24, 2.45) is 0 Å². The highest BCUT2D eigenvalue weighted by Gasteiger charge is 2.11. The molecule has 3 N–H and O–H groups in total. The number of nitrogens with one attached hydrogen (secondary N) is 3. The van der Waals surface area contributed by atoms with Gasteiger partial charge in [0.2, 0.25) is 5.91 Å². The summed E-state index contributed by atoms with van der Waals surface area (Å²) in [6.07, 6.45) is 3.26. The largest absolute Gasteiger partial charge is 0.326 e. The van der Waals surface area contributed by atoms with Gasteiger partial charge in [-0.1, -0.05) is 12.1 Å². The Morgan fingerprint density at radius 3 is 2.84 bits per heavy atom. The zero-order chi connectivity index (χ0) is 17.4. The van der Waals surface area contributed by atoms with Crippen molar-refractivity contribution in [2.45, 2.75) is 26.2 Å². The molecule has 0 spiro atoms. The molecule has 4 rings (SSSR count). The summed E-state index contributed by atoms with van der Waals surface area (Å²) in [5.74, 6) is 0.0298. The third kappa shape index (κ3) is 2.87. The van der Waals surface area contributed by atoms with Crippen LogP contribution in [-0.2, 0) is 9.59 Å². The van der Waals surface area contributed by atoms with Gasteiger partial charge in [0.1, 0.15) is 5.78 Å². The third-order valence-corrected chi connectivity index (χ3v) is 4.37.